The molecule has 0 saturated carbocycles. The Morgan fingerprint density at radius 1 is 1.00 bits per heavy atom. The van der Waals surface area contributed by atoms with E-state index in [-0.39, 0.29) is 5.91 Å². The molecule has 1 aromatic heterocycles. The number of nitrogens with one attached hydrogen (secondary N) is 2. The molecule has 1 heterocycles. The minimum atomic E-state index is -0.0634. The lowest BCUT2D eigenvalue weighted by Gasteiger charge is -2.13. The van der Waals surface area contributed by atoms with E-state index in [2.05, 4.69) is 15.6 Å². The first-order valence-electron chi connectivity index (χ1n) is 8.97. The van der Waals surface area contributed by atoms with Crippen molar-refractivity contribution >= 4 is 23.1 Å². The molecule has 0 spiro atoms. The second kappa shape index (κ2) is 9.41. The second-order valence-corrected chi connectivity index (χ2v) is 6.16. The number of benzene rings is 2. The van der Waals surface area contributed by atoms with Gasteiger partial charge in [0, 0.05) is 12.5 Å². The highest BCUT2D eigenvalue weighted by molar-refractivity contribution is 5.90. The molecule has 2 N–H and O–H groups in total. The Balaban J connectivity index is 1.58. The van der Waals surface area contributed by atoms with Crippen LogP contribution in [0.5, 0.6) is 11.5 Å². The van der Waals surface area contributed by atoms with Gasteiger partial charge in [0.1, 0.15) is 17.3 Å². The molecule has 3 rings (SSSR count). The van der Waals surface area contributed by atoms with Crippen LogP contribution in [0.25, 0.3) is 0 Å². The predicted molar refractivity (Wildman–Crippen MR) is 110 cm³/mol. The molecule has 0 aliphatic rings. The van der Waals surface area contributed by atoms with Gasteiger partial charge in [-0.1, -0.05) is 30.3 Å². The molecular weight excluding hydrogens is 354 g/mol. The van der Waals surface area contributed by atoms with E-state index in [1.165, 1.54) is 0 Å². The Morgan fingerprint density at radius 3 is 2.50 bits per heavy atom. The molecule has 2 aromatic carbocycles. The van der Waals surface area contributed by atoms with Crippen molar-refractivity contribution in [3.8, 4) is 11.5 Å². The highest BCUT2D eigenvalue weighted by Gasteiger charge is 2.07. The first-order chi connectivity index (χ1) is 13.7. The van der Waals surface area contributed by atoms with E-state index in [0.29, 0.717) is 24.4 Å². The summed E-state index contributed by atoms with van der Waals surface area (Å²) in [5.74, 6) is 1.87. The first kappa shape index (κ1) is 19.2. The van der Waals surface area contributed by atoms with Gasteiger partial charge in [-0.25, -0.2) is 4.98 Å². The molecule has 0 aliphatic heterocycles. The summed E-state index contributed by atoms with van der Waals surface area (Å²) in [7, 11) is 3.22. The van der Waals surface area contributed by atoms with Crippen molar-refractivity contribution in [1.82, 2.24) is 4.98 Å². The lowest BCUT2D eigenvalue weighted by Crippen LogP contribution is -2.13. The summed E-state index contributed by atoms with van der Waals surface area (Å²) >= 11 is 0. The zero-order valence-corrected chi connectivity index (χ0v) is 15.9. The highest BCUT2D eigenvalue weighted by Crippen LogP contribution is 2.31. The Hall–Kier alpha value is -3.54. The summed E-state index contributed by atoms with van der Waals surface area (Å²) in [4.78, 5) is 16.4. The molecule has 3 aromatic rings. The predicted octanol–water partition coefficient (Wildman–Crippen LogP) is 4.41. The highest BCUT2D eigenvalue weighted by atomic mass is 16.5. The van der Waals surface area contributed by atoms with E-state index in [9.17, 15) is 4.79 Å². The largest absolute Gasteiger partial charge is 0.497 e. The second-order valence-electron chi connectivity index (χ2n) is 6.16. The zero-order valence-electron chi connectivity index (χ0n) is 15.9. The molecule has 1 amide bonds. The fourth-order valence-electron chi connectivity index (χ4n) is 2.72. The molecule has 0 bridgehead atoms. The van der Waals surface area contributed by atoms with Crippen LogP contribution in [-0.4, -0.2) is 25.1 Å². The van der Waals surface area contributed by atoms with E-state index in [0.717, 1.165) is 22.7 Å². The van der Waals surface area contributed by atoms with E-state index in [1.807, 2.05) is 54.6 Å². The van der Waals surface area contributed by atoms with Crippen molar-refractivity contribution in [1.29, 1.82) is 0 Å². The number of amides is 1. The van der Waals surface area contributed by atoms with Gasteiger partial charge >= 0.3 is 0 Å². The maximum absolute atomic E-state index is 12.1. The van der Waals surface area contributed by atoms with Crippen molar-refractivity contribution in [2.45, 2.75) is 12.8 Å². The third-order valence-electron chi connectivity index (χ3n) is 4.20. The van der Waals surface area contributed by atoms with E-state index in [4.69, 9.17) is 9.47 Å². The van der Waals surface area contributed by atoms with Gasteiger partial charge in [-0.15, -0.1) is 0 Å². The van der Waals surface area contributed by atoms with Crippen LogP contribution in [0.4, 0.5) is 17.2 Å². The van der Waals surface area contributed by atoms with Crippen molar-refractivity contribution in [3.05, 3.63) is 72.4 Å². The minimum absolute atomic E-state index is 0.0634. The Bertz CT molecular complexity index is 912. The number of hydrogen-bond acceptors (Lipinski definition) is 5. The van der Waals surface area contributed by atoms with Crippen LogP contribution in [0.1, 0.15) is 12.0 Å². The minimum Gasteiger partial charge on any atom is -0.497 e. The fraction of sp³-hybridized carbons (Fsp3) is 0.182. The number of methoxy groups -OCH3 is 2. The summed E-state index contributed by atoms with van der Waals surface area (Å²) in [6.45, 7) is 0. The summed E-state index contributed by atoms with van der Waals surface area (Å²) in [5.41, 5.74) is 2.68. The molecule has 0 unspecified atom stereocenters. The molecule has 144 valence electrons. The van der Waals surface area contributed by atoms with Gasteiger partial charge in [0.15, 0.2) is 0 Å². The molecule has 0 aliphatic carbocycles. The number of aryl methyl sites for hydroxylation is 1. The molecule has 0 fully saturated rings. The Labute approximate surface area is 164 Å². The number of carbonyl (C=O) groups is 1. The number of ether oxygens (including phenoxy) is 2. The van der Waals surface area contributed by atoms with Gasteiger partial charge in [0.2, 0.25) is 5.91 Å². The van der Waals surface area contributed by atoms with Crippen LogP contribution in [-0.2, 0) is 11.2 Å². The fourth-order valence-corrected chi connectivity index (χ4v) is 2.72. The van der Waals surface area contributed by atoms with E-state index >= 15 is 0 Å². The summed E-state index contributed by atoms with van der Waals surface area (Å²) in [5, 5.41) is 6.07. The normalized spacial score (nSPS) is 10.2. The Morgan fingerprint density at radius 2 is 1.82 bits per heavy atom. The van der Waals surface area contributed by atoms with Crippen LogP contribution < -0.4 is 20.1 Å². The standard InChI is InChI=1S/C22H23N3O3/c1-27-18-10-11-20(28-2)19(14-18)24-17-9-12-21(23-15-17)25-22(26)13-8-16-6-4-3-5-7-16/h3-7,9-12,14-15,24H,8,13H2,1-2H3,(H,23,25,26). The van der Waals surface area contributed by atoms with Gasteiger partial charge in [-0.2, -0.15) is 0 Å². The molecule has 0 atom stereocenters. The number of pyridine rings is 1. The number of aromatic nitrogens is 1. The van der Waals surface area contributed by atoms with Crippen LogP contribution >= 0.6 is 0 Å². The zero-order chi connectivity index (χ0) is 19.8. The molecule has 28 heavy (non-hydrogen) atoms. The number of hydrogen-bond donors (Lipinski definition) is 2. The number of rotatable bonds is 8. The van der Waals surface area contributed by atoms with Crippen molar-refractivity contribution in [2.24, 2.45) is 0 Å². The SMILES string of the molecule is COc1ccc(OC)c(Nc2ccc(NC(=O)CCc3ccccc3)nc2)c1. The van der Waals surface area contributed by atoms with Gasteiger partial charge in [0.05, 0.1) is 31.8 Å². The molecular formula is C22H23N3O3. The van der Waals surface area contributed by atoms with Crippen LogP contribution in [0.2, 0.25) is 0 Å². The van der Waals surface area contributed by atoms with Gasteiger partial charge in [-0.05, 0) is 36.2 Å². The average molecular weight is 377 g/mol. The van der Waals surface area contributed by atoms with Gasteiger partial charge in [0.25, 0.3) is 0 Å². The molecule has 0 radical (unpaired) electrons. The maximum Gasteiger partial charge on any atom is 0.225 e. The lowest BCUT2D eigenvalue weighted by atomic mass is 10.1. The molecule has 6 heteroatoms. The Kier molecular flexibility index (Phi) is 6.46. The molecule has 6 nitrogen and oxygen atoms in total. The maximum atomic E-state index is 12.1. The van der Waals surface area contributed by atoms with Crippen LogP contribution in [0.15, 0.2) is 66.9 Å². The van der Waals surface area contributed by atoms with Crippen LogP contribution in [0.3, 0.4) is 0 Å². The topological polar surface area (TPSA) is 72.5 Å². The van der Waals surface area contributed by atoms with Gasteiger partial charge in [-0.3, -0.25) is 4.79 Å². The number of nitrogens with zero attached hydrogens (tertiary/aromatic N) is 1. The van der Waals surface area contributed by atoms with Crippen molar-refractivity contribution in [3.63, 3.8) is 0 Å². The first-order valence-corrected chi connectivity index (χ1v) is 8.97. The van der Waals surface area contributed by atoms with Crippen LogP contribution in [0, 0.1) is 0 Å². The average Bonchev–Trinajstić information content (AvgIpc) is 2.74. The third-order valence-corrected chi connectivity index (χ3v) is 4.20. The van der Waals surface area contributed by atoms with E-state index < -0.39 is 0 Å². The summed E-state index contributed by atoms with van der Waals surface area (Å²) in [6, 6.07) is 19.0. The van der Waals surface area contributed by atoms with Crippen molar-refractivity contribution < 1.29 is 14.3 Å². The quantitative estimate of drug-likeness (QED) is 0.608. The lowest BCUT2D eigenvalue weighted by molar-refractivity contribution is -0.116. The third kappa shape index (κ3) is 5.23. The van der Waals surface area contributed by atoms with Crippen molar-refractivity contribution in [2.75, 3.05) is 24.9 Å². The van der Waals surface area contributed by atoms with E-state index in [1.54, 1.807) is 26.5 Å². The summed E-state index contributed by atoms with van der Waals surface area (Å²) in [6.07, 6.45) is 2.76. The number of anilines is 3. The monoisotopic (exact) mass is 377 g/mol. The van der Waals surface area contributed by atoms with Gasteiger partial charge < -0.3 is 20.1 Å². The smallest absolute Gasteiger partial charge is 0.225 e. The molecule has 0 saturated heterocycles. The summed E-state index contributed by atoms with van der Waals surface area (Å²) < 4.78 is 10.6. The number of carbonyl (C=O) groups excluding carboxylic acids is 1.